The zero-order chi connectivity index (χ0) is 13.9. The molecular formula is C11H12ClN3O3S. The first-order chi connectivity index (χ1) is 9.03. The maximum Gasteiger partial charge on any atom is 0.265 e. The fraction of sp³-hybridized carbons (Fsp3) is 0.182. The zero-order valence-electron chi connectivity index (χ0n) is 9.82. The molecule has 102 valence electrons. The fourth-order valence-corrected chi connectivity index (χ4v) is 2.73. The Bertz CT molecular complexity index is 669. The number of nitrogens with zero attached hydrogens (tertiary/aromatic N) is 2. The number of para-hydroxylation sites is 1. The third-order valence-electron chi connectivity index (χ3n) is 2.37. The van der Waals surface area contributed by atoms with E-state index in [0.29, 0.717) is 10.7 Å². The summed E-state index contributed by atoms with van der Waals surface area (Å²) < 4.78 is 27.9. The molecule has 6 nitrogen and oxygen atoms in total. The highest BCUT2D eigenvalue weighted by Crippen LogP contribution is 2.23. The van der Waals surface area contributed by atoms with Crippen molar-refractivity contribution in [1.29, 1.82) is 0 Å². The molecule has 0 saturated heterocycles. The number of anilines is 1. The molecule has 0 radical (unpaired) electrons. The second-order valence-corrected chi connectivity index (χ2v) is 5.84. The van der Waals surface area contributed by atoms with Crippen LogP contribution in [0.3, 0.4) is 0 Å². The van der Waals surface area contributed by atoms with Crippen molar-refractivity contribution in [3.05, 3.63) is 41.7 Å². The van der Waals surface area contributed by atoms with E-state index in [2.05, 4.69) is 9.82 Å². The lowest BCUT2D eigenvalue weighted by Gasteiger charge is -2.07. The van der Waals surface area contributed by atoms with Gasteiger partial charge >= 0.3 is 0 Å². The van der Waals surface area contributed by atoms with Gasteiger partial charge in [0.2, 0.25) is 0 Å². The summed E-state index contributed by atoms with van der Waals surface area (Å²) in [4.78, 5) is 0.0147. The lowest BCUT2D eigenvalue weighted by atomic mass is 10.3. The lowest BCUT2D eigenvalue weighted by Crippen LogP contribution is -2.12. The summed E-state index contributed by atoms with van der Waals surface area (Å²) in [6.07, 6.45) is 2.56. The van der Waals surface area contributed by atoms with Gasteiger partial charge in [-0.15, -0.1) is 0 Å². The molecule has 1 heterocycles. The summed E-state index contributed by atoms with van der Waals surface area (Å²) in [7, 11) is -3.73. The molecule has 2 N–H and O–H groups in total. The van der Waals surface area contributed by atoms with Gasteiger partial charge in [-0.05, 0) is 12.1 Å². The number of nitrogens with one attached hydrogen (secondary N) is 1. The van der Waals surface area contributed by atoms with Crippen LogP contribution in [-0.2, 0) is 16.6 Å². The van der Waals surface area contributed by atoms with E-state index < -0.39 is 10.0 Å². The largest absolute Gasteiger partial charge is 0.394 e. The number of hydrogen-bond acceptors (Lipinski definition) is 4. The molecule has 0 atom stereocenters. The minimum atomic E-state index is -3.73. The molecular weight excluding hydrogens is 290 g/mol. The Balaban J connectivity index is 2.25. The molecule has 19 heavy (non-hydrogen) atoms. The second-order valence-electron chi connectivity index (χ2n) is 3.75. The highest BCUT2D eigenvalue weighted by atomic mass is 35.5. The minimum Gasteiger partial charge on any atom is -0.394 e. The smallest absolute Gasteiger partial charge is 0.265 e. The number of rotatable bonds is 5. The number of aromatic nitrogens is 2. The Morgan fingerprint density at radius 2 is 2.11 bits per heavy atom. The minimum absolute atomic E-state index is 0.0147. The zero-order valence-corrected chi connectivity index (χ0v) is 11.4. The first-order valence-electron chi connectivity index (χ1n) is 5.43. The van der Waals surface area contributed by atoms with Crippen LogP contribution in [0.5, 0.6) is 0 Å². The fourth-order valence-electron chi connectivity index (χ4n) is 1.46. The van der Waals surface area contributed by atoms with Crippen molar-refractivity contribution in [2.24, 2.45) is 0 Å². The average molecular weight is 302 g/mol. The topological polar surface area (TPSA) is 84.2 Å². The Labute approximate surface area is 115 Å². The number of sulfonamides is 1. The number of hydrogen-bond donors (Lipinski definition) is 2. The first-order valence-corrected chi connectivity index (χ1v) is 7.30. The number of aliphatic hydroxyl groups excluding tert-OH is 1. The number of benzene rings is 1. The Morgan fingerprint density at radius 1 is 1.37 bits per heavy atom. The summed E-state index contributed by atoms with van der Waals surface area (Å²) in [6, 6.07) is 6.55. The van der Waals surface area contributed by atoms with Gasteiger partial charge in [0.1, 0.15) is 4.90 Å². The maximum atomic E-state index is 12.1. The van der Waals surface area contributed by atoms with Crippen LogP contribution in [0.4, 0.5) is 5.69 Å². The summed E-state index contributed by atoms with van der Waals surface area (Å²) in [6.45, 7) is 0.126. The van der Waals surface area contributed by atoms with Crippen LogP contribution in [0.25, 0.3) is 0 Å². The average Bonchev–Trinajstić information content (AvgIpc) is 2.82. The molecule has 0 unspecified atom stereocenters. The van der Waals surface area contributed by atoms with Gasteiger partial charge in [0.25, 0.3) is 10.0 Å². The monoisotopic (exact) mass is 301 g/mol. The molecule has 2 rings (SSSR count). The van der Waals surface area contributed by atoms with Crippen LogP contribution in [0.2, 0.25) is 5.02 Å². The highest BCUT2D eigenvalue weighted by Gasteiger charge is 2.17. The van der Waals surface area contributed by atoms with Crippen LogP contribution < -0.4 is 4.72 Å². The normalized spacial score (nSPS) is 11.5. The molecule has 0 bridgehead atoms. The molecule has 1 aromatic heterocycles. The van der Waals surface area contributed by atoms with Gasteiger partial charge in [-0.1, -0.05) is 23.7 Å². The van der Waals surface area contributed by atoms with Gasteiger partial charge < -0.3 is 5.11 Å². The van der Waals surface area contributed by atoms with Crippen molar-refractivity contribution in [3.8, 4) is 0 Å². The van der Waals surface area contributed by atoms with Crippen LogP contribution >= 0.6 is 11.6 Å². The van der Waals surface area contributed by atoms with E-state index in [1.54, 1.807) is 24.3 Å². The molecule has 0 fully saturated rings. The van der Waals surface area contributed by atoms with Gasteiger partial charge in [-0.3, -0.25) is 9.40 Å². The van der Waals surface area contributed by atoms with Crippen molar-refractivity contribution in [2.75, 3.05) is 11.3 Å². The quantitative estimate of drug-likeness (QED) is 0.872. The molecule has 0 spiro atoms. The van der Waals surface area contributed by atoms with E-state index >= 15 is 0 Å². The van der Waals surface area contributed by atoms with E-state index in [4.69, 9.17) is 16.7 Å². The molecule has 0 aliphatic carbocycles. The van der Waals surface area contributed by atoms with Crippen LogP contribution in [-0.4, -0.2) is 29.9 Å². The van der Waals surface area contributed by atoms with E-state index in [1.165, 1.54) is 17.1 Å². The lowest BCUT2D eigenvalue weighted by molar-refractivity contribution is 0.269. The predicted molar refractivity (Wildman–Crippen MR) is 71.6 cm³/mol. The summed E-state index contributed by atoms with van der Waals surface area (Å²) >= 11 is 5.89. The van der Waals surface area contributed by atoms with Crippen LogP contribution in [0.1, 0.15) is 0 Å². The van der Waals surface area contributed by atoms with Gasteiger partial charge in [0.05, 0.1) is 30.1 Å². The predicted octanol–water partition coefficient (Wildman–Crippen LogP) is 1.33. The van der Waals surface area contributed by atoms with Crippen molar-refractivity contribution in [1.82, 2.24) is 9.78 Å². The summed E-state index contributed by atoms with van der Waals surface area (Å²) in [5, 5.41) is 12.9. The maximum absolute atomic E-state index is 12.1. The van der Waals surface area contributed by atoms with Gasteiger partial charge in [0, 0.05) is 6.20 Å². The molecule has 0 saturated carbocycles. The molecule has 0 aliphatic heterocycles. The Kier molecular flexibility index (Phi) is 4.08. The van der Waals surface area contributed by atoms with Crippen LogP contribution in [0, 0.1) is 0 Å². The van der Waals surface area contributed by atoms with E-state index in [9.17, 15) is 8.42 Å². The van der Waals surface area contributed by atoms with Crippen molar-refractivity contribution in [3.63, 3.8) is 0 Å². The highest BCUT2D eigenvalue weighted by molar-refractivity contribution is 7.92. The van der Waals surface area contributed by atoms with Crippen molar-refractivity contribution < 1.29 is 13.5 Å². The van der Waals surface area contributed by atoms with E-state index in [1.807, 2.05) is 0 Å². The van der Waals surface area contributed by atoms with Crippen molar-refractivity contribution in [2.45, 2.75) is 11.4 Å². The molecule has 1 aromatic carbocycles. The second kappa shape index (κ2) is 5.60. The summed E-state index contributed by atoms with van der Waals surface area (Å²) in [5.74, 6) is 0. The third-order valence-corrected chi connectivity index (χ3v) is 4.02. The number of halogens is 1. The van der Waals surface area contributed by atoms with Crippen molar-refractivity contribution >= 4 is 27.3 Å². The van der Waals surface area contributed by atoms with E-state index in [-0.39, 0.29) is 18.0 Å². The standard InChI is InChI=1S/C11H12ClN3O3S/c12-10-3-1-2-4-11(10)14-19(17,18)9-7-13-15(8-9)5-6-16/h1-4,7-8,14,16H,5-6H2. The number of aliphatic hydroxyl groups is 1. The molecule has 0 aliphatic rings. The SMILES string of the molecule is O=S(=O)(Nc1ccccc1Cl)c1cnn(CCO)c1. The third kappa shape index (κ3) is 3.25. The van der Waals surface area contributed by atoms with Gasteiger partial charge in [0.15, 0.2) is 0 Å². The Hall–Kier alpha value is -1.57. The Morgan fingerprint density at radius 3 is 2.79 bits per heavy atom. The van der Waals surface area contributed by atoms with Crippen LogP contribution in [0.15, 0.2) is 41.6 Å². The molecule has 0 amide bonds. The van der Waals surface area contributed by atoms with Gasteiger partial charge in [-0.2, -0.15) is 5.10 Å². The van der Waals surface area contributed by atoms with Gasteiger partial charge in [-0.25, -0.2) is 8.42 Å². The van der Waals surface area contributed by atoms with E-state index in [0.717, 1.165) is 0 Å². The molecule has 8 heteroatoms. The molecule has 2 aromatic rings. The first kappa shape index (κ1) is 13.9. The summed E-state index contributed by atoms with van der Waals surface area (Å²) in [5.41, 5.74) is 0.305.